The number of benzene rings is 2. The molecule has 1 aliphatic carbocycles. The van der Waals surface area contributed by atoms with Crippen LogP contribution >= 0.6 is 46.6 Å². The van der Waals surface area contributed by atoms with Crippen molar-refractivity contribution < 1.29 is 22.2 Å². The lowest BCUT2D eigenvalue weighted by atomic mass is 9.94. The third kappa shape index (κ3) is 7.99. The van der Waals surface area contributed by atoms with Crippen LogP contribution in [-0.4, -0.2) is 27.1 Å². The van der Waals surface area contributed by atoms with Crippen LogP contribution in [0.1, 0.15) is 24.3 Å². The maximum absolute atomic E-state index is 9.67. The number of hydrogen-bond acceptors (Lipinski definition) is 5. The number of aromatic nitrogens is 1. The van der Waals surface area contributed by atoms with Crippen LogP contribution in [0.5, 0.6) is 0 Å². The molecule has 2 heterocycles. The molecular formula is C28H29BF4N2S4. The van der Waals surface area contributed by atoms with Crippen LogP contribution in [-0.2, 0) is 7.05 Å². The zero-order valence-corrected chi connectivity index (χ0v) is 25.4. The predicted octanol–water partition coefficient (Wildman–Crippen LogP) is 6.19. The van der Waals surface area contributed by atoms with Crippen LogP contribution in [0.4, 0.5) is 18.6 Å². The fraction of sp³-hybridized carbons (Fsp3) is 0.250. The highest BCUT2D eigenvalue weighted by Crippen LogP contribution is 2.46. The molecule has 0 amide bonds. The predicted molar refractivity (Wildman–Crippen MR) is 163 cm³/mol. The van der Waals surface area contributed by atoms with E-state index >= 15 is 0 Å². The third-order valence-electron chi connectivity index (χ3n) is 6.33. The Morgan fingerprint density at radius 3 is 2.38 bits per heavy atom. The van der Waals surface area contributed by atoms with Gasteiger partial charge in [0.15, 0.2) is 0 Å². The first-order chi connectivity index (χ1) is 18.3. The zero-order valence-electron chi connectivity index (χ0n) is 22.1. The summed E-state index contributed by atoms with van der Waals surface area (Å²) in [6.07, 6.45) is 19.4. The van der Waals surface area contributed by atoms with Gasteiger partial charge in [0.1, 0.15) is 11.7 Å². The van der Waals surface area contributed by atoms with Gasteiger partial charge in [0.25, 0.3) is 5.01 Å². The van der Waals surface area contributed by atoms with Crippen molar-refractivity contribution in [1.29, 1.82) is 0 Å². The number of rotatable bonds is 5. The summed E-state index contributed by atoms with van der Waals surface area (Å²) >= 11 is 7.32. The third-order valence-corrected chi connectivity index (χ3v) is 10.1. The summed E-state index contributed by atoms with van der Waals surface area (Å²) in [5, 5.41) is 2.58. The van der Waals surface area contributed by atoms with E-state index in [-0.39, 0.29) is 4.70 Å². The van der Waals surface area contributed by atoms with Gasteiger partial charge in [-0.25, -0.2) is 0 Å². The number of anilines is 1. The van der Waals surface area contributed by atoms with Gasteiger partial charge >= 0.3 is 7.54 Å². The average molecular weight is 609 g/mol. The highest BCUT2D eigenvalue weighted by molar-refractivity contribution is 8.03. The van der Waals surface area contributed by atoms with Crippen molar-refractivity contribution in [2.45, 2.75) is 33.9 Å². The summed E-state index contributed by atoms with van der Waals surface area (Å²) in [6.45, 7) is 0. The van der Waals surface area contributed by atoms with E-state index in [1.54, 1.807) is 23.5 Å². The van der Waals surface area contributed by atoms with Crippen molar-refractivity contribution >= 4 is 76.1 Å². The molecule has 1 aromatic heterocycles. The minimum Gasteiger partial charge on any atom is -1.00 e. The smallest absolute Gasteiger partial charge is 0.762 e. The van der Waals surface area contributed by atoms with Gasteiger partial charge in [0.2, 0.25) is 5.52 Å². The number of allylic oxidation sites excluding steroid dienone is 6. The van der Waals surface area contributed by atoms with Crippen molar-refractivity contribution in [3.05, 3.63) is 81.9 Å². The molecule has 1 aliphatic heterocycles. The second-order valence-corrected chi connectivity index (χ2v) is 12.6. The molecule has 11 heteroatoms. The van der Waals surface area contributed by atoms with Crippen molar-refractivity contribution in [2.24, 2.45) is 7.05 Å². The van der Waals surface area contributed by atoms with E-state index < -0.39 is 7.54 Å². The number of thiazole rings is 1. The standard InChI is InChI=1S/C28H29N2S4.BF3.FH/c1-29-23-17-21(31-3)10-12-25(23)33-27(29)14-8-19-6-5-7-20(16-19)9-15-28-30(2)24-18-22(32-4)11-13-26(24)34-28;2-1(3)4;/h8-18H,5-7H2,1-4H3;;1H/q+1;;/p-1. The molecule has 2 aromatic carbocycles. The van der Waals surface area contributed by atoms with Crippen molar-refractivity contribution in [3.8, 4) is 0 Å². The van der Waals surface area contributed by atoms with Crippen LogP contribution in [0.2, 0.25) is 0 Å². The number of aryl methyl sites for hydroxylation is 1. The van der Waals surface area contributed by atoms with Crippen molar-refractivity contribution in [3.63, 3.8) is 0 Å². The molecule has 0 bridgehead atoms. The van der Waals surface area contributed by atoms with Gasteiger partial charge in [-0.2, -0.15) is 4.57 Å². The fourth-order valence-corrected chi connectivity index (χ4v) is 7.27. The van der Waals surface area contributed by atoms with Crippen molar-refractivity contribution in [1.82, 2.24) is 0 Å². The molecule has 2 nitrogen and oxygen atoms in total. The summed E-state index contributed by atoms with van der Waals surface area (Å²) in [4.78, 5) is 6.28. The molecular weight excluding hydrogens is 579 g/mol. The molecule has 0 fully saturated rings. The van der Waals surface area contributed by atoms with Gasteiger partial charge in [0, 0.05) is 33.9 Å². The minimum atomic E-state index is -3.67. The molecule has 2 aliphatic rings. The molecule has 0 radical (unpaired) electrons. The molecule has 39 heavy (non-hydrogen) atoms. The van der Waals surface area contributed by atoms with E-state index in [0.29, 0.717) is 0 Å². The van der Waals surface area contributed by atoms with Crippen molar-refractivity contribution in [2.75, 3.05) is 24.5 Å². The summed E-state index contributed by atoms with van der Waals surface area (Å²) in [7, 11) is 0.677. The first kappa shape index (κ1) is 31.5. The Bertz CT molecular complexity index is 1430. The number of halogens is 4. The Balaban J connectivity index is 0.000000788. The molecule has 3 aromatic rings. The van der Waals surface area contributed by atoms with Gasteiger partial charge in [-0.05, 0) is 79.3 Å². The maximum Gasteiger partial charge on any atom is 0.762 e. The number of fused-ring (bicyclic) bond motifs is 2. The zero-order chi connectivity index (χ0) is 27.2. The number of nitrogens with zero attached hydrogens (tertiary/aromatic N) is 2. The molecule has 5 rings (SSSR count). The van der Waals surface area contributed by atoms with E-state index in [4.69, 9.17) is 0 Å². The van der Waals surface area contributed by atoms with Crippen LogP contribution < -0.4 is 14.2 Å². The topological polar surface area (TPSA) is 7.12 Å². The van der Waals surface area contributed by atoms with Gasteiger partial charge in [0.05, 0.1) is 10.7 Å². The average Bonchev–Trinajstić information content (AvgIpc) is 3.41. The monoisotopic (exact) mass is 608 g/mol. The second-order valence-electron chi connectivity index (χ2n) is 8.73. The molecule has 206 valence electrons. The van der Waals surface area contributed by atoms with E-state index in [2.05, 4.69) is 103 Å². The van der Waals surface area contributed by atoms with Crippen LogP contribution in [0.25, 0.3) is 16.3 Å². The van der Waals surface area contributed by atoms with E-state index in [0.717, 1.165) is 12.8 Å². The summed E-state index contributed by atoms with van der Waals surface area (Å²) in [5.74, 6) is 0. The fourth-order valence-electron chi connectivity index (χ4n) is 4.34. The van der Waals surface area contributed by atoms with Gasteiger partial charge in [-0.3, -0.25) is 12.9 Å². The highest BCUT2D eigenvalue weighted by Gasteiger charge is 2.22. The lowest BCUT2D eigenvalue weighted by molar-refractivity contribution is -0.642. The van der Waals surface area contributed by atoms with E-state index in [1.807, 2.05) is 23.1 Å². The Morgan fingerprint density at radius 2 is 1.67 bits per heavy atom. The number of hydrogen-bond donors (Lipinski definition) is 0. The first-order valence-electron chi connectivity index (χ1n) is 12.1. The Labute approximate surface area is 244 Å². The second kappa shape index (κ2) is 14.5. The molecule has 0 saturated carbocycles. The summed E-state index contributed by atoms with van der Waals surface area (Å²) < 4.78 is 32.7. The van der Waals surface area contributed by atoms with Crippen LogP contribution in [0, 0.1) is 0 Å². The Morgan fingerprint density at radius 1 is 0.974 bits per heavy atom. The van der Waals surface area contributed by atoms with Gasteiger partial charge in [-0.1, -0.05) is 41.3 Å². The lowest BCUT2D eigenvalue weighted by Crippen LogP contribution is -3.00. The summed E-state index contributed by atoms with van der Waals surface area (Å²) in [5.41, 5.74) is 5.45. The Hall–Kier alpha value is -2.08. The molecule has 0 saturated heterocycles. The largest absolute Gasteiger partial charge is 1.00 e. The molecule has 0 atom stereocenters. The van der Waals surface area contributed by atoms with Gasteiger partial charge < -0.3 is 9.60 Å². The maximum atomic E-state index is 9.67. The van der Waals surface area contributed by atoms with Gasteiger partial charge in [-0.15, -0.1) is 23.5 Å². The Kier molecular flexibility index (Phi) is 11.7. The van der Waals surface area contributed by atoms with Crippen LogP contribution in [0.15, 0.2) is 91.6 Å². The molecule has 0 N–H and O–H groups in total. The lowest BCUT2D eigenvalue weighted by Gasteiger charge is -2.14. The van der Waals surface area contributed by atoms with Crippen LogP contribution in [0.3, 0.4) is 0 Å². The normalized spacial score (nSPS) is 16.8. The molecule has 0 unspecified atom stereocenters. The number of thioether (sulfide) groups is 3. The molecule has 0 spiro atoms. The quantitative estimate of drug-likeness (QED) is 0.148. The first-order valence-corrected chi connectivity index (χ1v) is 16.1. The van der Waals surface area contributed by atoms with E-state index in [9.17, 15) is 12.9 Å². The highest BCUT2D eigenvalue weighted by atomic mass is 32.2. The summed E-state index contributed by atoms with van der Waals surface area (Å²) in [6, 6.07) is 13.5. The SMILES string of the molecule is CSc1ccc2c(c1)N(C)/C(=C/C=C1C=C(/C=C/c3sc4ccc(SC)cc4[n+]3C)CCC/1)S2.FB(F)F.[F-]. The van der Waals surface area contributed by atoms with E-state index in [1.165, 1.54) is 58.2 Å². The minimum absolute atomic E-state index is 0.